The van der Waals surface area contributed by atoms with Crippen LogP contribution in [0.3, 0.4) is 0 Å². The van der Waals surface area contributed by atoms with E-state index >= 15 is 0 Å². The minimum Gasteiger partial charge on any atom is -0.396 e. The van der Waals surface area contributed by atoms with Crippen molar-refractivity contribution in [1.82, 2.24) is 0 Å². The summed E-state index contributed by atoms with van der Waals surface area (Å²) in [5, 5.41) is 51.1. The molecule has 0 aromatic carbocycles. The van der Waals surface area contributed by atoms with Crippen molar-refractivity contribution >= 4 is 0 Å². The molecule has 0 bridgehead atoms. The van der Waals surface area contributed by atoms with E-state index in [2.05, 4.69) is 0 Å². The van der Waals surface area contributed by atoms with E-state index in [1.165, 1.54) is 89.9 Å². The van der Waals surface area contributed by atoms with Gasteiger partial charge in [-0.2, -0.15) is 0 Å². The van der Waals surface area contributed by atoms with E-state index in [1.54, 1.807) is 0 Å². The Kier molecular flexibility index (Phi) is 21.3. The fourth-order valence-corrected chi connectivity index (χ4v) is 7.80. The third-order valence-corrected chi connectivity index (χ3v) is 9.82. The Bertz CT molecular complexity index is 486. The molecule has 0 aromatic rings. The van der Waals surface area contributed by atoms with E-state index in [9.17, 15) is 25.5 Å². The van der Waals surface area contributed by atoms with Gasteiger partial charge in [0.05, 0.1) is 0 Å². The first-order valence-electron chi connectivity index (χ1n) is 16.2. The third kappa shape index (κ3) is 12.7. The SMILES string of the molecule is OCCC1CCCCCCCCCCCCCCCCCCCC(CCO)(CCO)C1(CCO)CCO. The molecular formula is C32H64O5. The van der Waals surface area contributed by atoms with Gasteiger partial charge in [-0.3, -0.25) is 0 Å². The van der Waals surface area contributed by atoms with E-state index in [0.717, 1.165) is 32.1 Å². The van der Waals surface area contributed by atoms with Crippen molar-refractivity contribution in [2.24, 2.45) is 16.7 Å². The molecule has 1 fully saturated rings. The van der Waals surface area contributed by atoms with Crippen molar-refractivity contribution in [3.8, 4) is 0 Å². The average Bonchev–Trinajstić information content (AvgIpc) is 2.88. The van der Waals surface area contributed by atoms with Crippen LogP contribution in [0.4, 0.5) is 0 Å². The summed E-state index contributed by atoms with van der Waals surface area (Å²) in [6.45, 7) is 0.244. The van der Waals surface area contributed by atoms with Crippen LogP contribution in [0.5, 0.6) is 0 Å². The smallest absolute Gasteiger partial charge is 0.0436 e. The average molecular weight is 529 g/mol. The molecule has 5 heteroatoms. The Morgan fingerprint density at radius 1 is 0.405 bits per heavy atom. The van der Waals surface area contributed by atoms with Crippen LogP contribution in [0.1, 0.15) is 154 Å². The Hall–Kier alpha value is -0.200. The van der Waals surface area contributed by atoms with Gasteiger partial charge >= 0.3 is 0 Å². The number of rotatable bonds is 10. The summed E-state index contributed by atoms with van der Waals surface area (Å²) >= 11 is 0. The molecule has 1 aliphatic rings. The van der Waals surface area contributed by atoms with Crippen LogP contribution in [-0.2, 0) is 0 Å². The number of hydrogen-bond acceptors (Lipinski definition) is 5. The first kappa shape index (κ1) is 34.8. The lowest BCUT2D eigenvalue weighted by Crippen LogP contribution is -2.50. The van der Waals surface area contributed by atoms with Crippen LogP contribution >= 0.6 is 0 Å². The predicted octanol–water partition coefficient (Wildman–Crippen LogP) is 6.91. The topological polar surface area (TPSA) is 101 Å². The Balaban J connectivity index is 3.16. The van der Waals surface area contributed by atoms with E-state index < -0.39 is 5.41 Å². The van der Waals surface area contributed by atoms with E-state index in [1.807, 2.05) is 0 Å². The Labute approximate surface area is 229 Å². The maximum atomic E-state index is 10.3. The molecule has 5 N–H and O–H groups in total. The zero-order valence-corrected chi connectivity index (χ0v) is 24.3. The van der Waals surface area contributed by atoms with Gasteiger partial charge in [0.15, 0.2) is 0 Å². The maximum Gasteiger partial charge on any atom is 0.0436 e. The van der Waals surface area contributed by atoms with Crippen molar-refractivity contribution < 1.29 is 25.5 Å². The number of aliphatic hydroxyl groups is 5. The molecule has 222 valence electrons. The van der Waals surface area contributed by atoms with E-state index in [-0.39, 0.29) is 44.4 Å². The highest BCUT2D eigenvalue weighted by Crippen LogP contribution is 2.59. The monoisotopic (exact) mass is 528 g/mol. The molecule has 1 unspecified atom stereocenters. The number of aliphatic hydroxyl groups excluding tert-OH is 5. The number of hydrogen-bond donors (Lipinski definition) is 5. The minimum atomic E-state index is -0.401. The second-order valence-corrected chi connectivity index (χ2v) is 12.1. The highest BCUT2D eigenvalue weighted by Gasteiger charge is 2.52. The lowest BCUT2D eigenvalue weighted by atomic mass is 9.49. The van der Waals surface area contributed by atoms with Crippen LogP contribution in [0.2, 0.25) is 0 Å². The Morgan fingerprint density at radius 2 is 0.757 bits per heavy atom. The second-order valence-electron chi connectivity index (χ2n) is 12.1. The van der Waals surface area contributed by atoms with Crippen LogP contribution in [0, 0.1) is 16.7 Å². The molecule has 37 heavy (non-hydrogen) atoms. The quantitative estimate of drug-likeness (QED) is 0.212. The molecule has 0 heterocycles. The van der Waals surface area contributed by atoms with Gasteiger partial charge < -0.3 is 25.5 Å². The molecule has 5 nitrogen and oxygen atoms in total. The zero-order valence-electron chi connectivity index (χ0n) is 24.3. The standard InChI is InChI=1S/C32H64O5/c33-25-19-30-18-16-14-12-10-8-6-4-2-1-3-5-7-9-11-13-15-17-20-31(21-26-34,22-27-35)32(30,23-28-36)24-29-37/h30,33-37H,1-29H2. The summed E-state index contributed by atoms with van der Waals surface area (Å²) in [7, 11) is 0. The largest absolute Gasteiger partial charge is 0.396 e. The molecule has 0 aliphatic heterocycles. The maximum absolute atomic E-state index is 10.3. The van der Waals surface area contributed by atoms with Gasteiger partial charge in [0, 0.05) is 33.0 Å². The van der Waals surface area contributed by atoms with Gasteiger partial charge in [-0.1, -0.05) is 109 Å². The van der Waals surface area contributed by atoms with Gasteiger partial charge in [0.2, 0.25) is 0 Å². The first-order chi connectivity index (χ1) is 18.2. The van der Waals surface area contributed by atoms with E-state index in [0.29, 0.717) is 32.1 Å². The van der Waals surface area contributed by atoms with Crippen molar-refractivity contribution in [3.63, 3.8) is 0 Å². The summed E-state index contributed by atoms with van der Waals surface area (Å²) < 4.78 is 0. The van der Waals surface area contributed by atoms with Gasteiger partial charge in [-0.05, 0) is 61.7 Å². The molecular weight excluding hydrogens is 464 g/mol. The molecule has 0 radical (unpaired) electrons. The highest BCUT2D eigenvalue weighted by atomic mass is 16.3. The first-order valence-corrected chi connectivity index (χ1v) is 16.2. The fourth-order valence-electron chi connectivity index (χ4n) is 7.80. The van der Waals surface area contributed by atoms with Gasteiger partial charge in [0.25, 0.3) is 0 Å². The summed E-state index contributed by atoms with van der Waals surface area (Å²) in [5.74, 6) is 0.160. The molecule has 1 rings (SSSR count). The van der Waals surface area contributed by atoms with Crippen molar-refractivity contribution in [2.45, 2.75) is 154 Å². The molecule has 0 aromatic heterocycles. The zero-order chi connectivity index (χ0) is 27.1. The van der Waals surface area contributed by atoms with Crippen molar-refractivity contribution in [3.05, 3.63) is 0 Å². The van der Waals surface area contributed by atoms with Crippen molar-refractivity contribution in [2.75, 3.05) is 33.0 Å². The lowest BCUT2D eigenvalue weighted by molar-refractivity contribution is -0.100. The van der Waals surface area contributed by atoms with Crippen LogP contribution in [0.15, 0.2) is 0 Å². The summed E-state index contributed by atoms with van der Waals surface area (Å²) in [4.78, 5) is 0. The van der Waals surface area contributed by atoms with E-state index in [4.69, 9.17) is 0 Å². The molecule has 1 saturated carbocycles. The molecule has 0 amide bonds. The summed E-state index contributed by atoms with van der Waals surface area (Å²) in [6.07, 6.45) is 26.6. The van der Waals surface area contributed by atoms with Crippen LogP contribution in [-0.4, -0.2) is 58.6 Å². The van der Waals surface area contributed by atoms with Gasteiger partial charge in [-0.15, -0.1) is 0 Å². The second kappa shape index (κ2) is 22.6. The Morgan fingerprint density at radius 3 is 1.11 bits per heavy atom. The minimum absolute atomic E-state index is 0.0283. The fraction of sp³-hybridized carbons (Fsp3) is 1.00. The normalized spacial score (nSPS) is 24.1. The van der Waals surface area contributed by atoms with Gasteiger partial charge in [-0.25, -0.2) is 0 Å². The molecule has 1 atom stereocenters. The molecule has 0 spiro atoms. The predicted molar refractivity (Wildman–Crippen MR) is 155 cm³/mol. The lowest BCUT2D eigenvalue weighted by Gasteiger charge is -2.56. The highest BCUT2D eigenvalue weighted by molar-refractivity contribution is 5.01. The summed E-state index contributed by atoms with van der Waals surface area (Å²) in [6, 6.07) is 0. The molecule has 1 aliphatic carbocycles. The summed E-state index contributed by atoms with van der Waals surface area (Å²) in [5.41, 5.74) is -0.750. The van der Waals surface area contributed by atoms with Crippen molar-refractivity contribution in [1.29, 1.82) is 0 Å². The van der Waals surface area contributed by atoms with Crippen LogP contribution in [0.25, 0.3) is 0 Å². The third-order valence-electron chi connectivity index (χ3n) is 9.82. The molecule has 0 saturated heterocycles. The van der Waals surface area contributed by atoms with Crippen LogP contribution < -0.4 is 0 Å². The van der Waals surface area contributed by atoms with Gasteiger partial charge in [0.1, 0.15) is 0 Å².